The van der Waals surface area contributed by atoms with E-state index >= 15 is 0 Å². The fourth-order valence-electron chi connectivity index (χ4n) is 9.24. The summed E-state index contributed by atoms with van der Waals surface area (Å²) >= 11 is 0. The molecule has 8 N–H and O–H groups in total. The van der Waals surface area contributed by atoms with Gasteiger partial charge in [-0.25, -0.2) is 14.4 Å². The van der Waals surface area contributed by atoms with Crippen molar-refractivity contribution in [1.82, 2.24) is 16.0 Å². The van der Waals surface area contributed by atoms with Gasteiger partial charge in [-0.2, -0.15) is 0 Å². The standard InChI is InChI=1S/C53H67N3O18/c1-25(2)19-32(54-47(64)44(61)30(20-27-15-12-11-13-16-27)55-49(66)73-51(4,5)6)48(65)70-24-35(57)53(68)22-29-38(34(23-53)72-36-21-31(41(58)26(3)71-36)56-50(67)74-52(7,8)9)46(63)40-39(43(29)60)42(59)28-17-14-18-33(69-10)37(28)45(40)62/h11-18,25-26,30-32,34,36,41,44,58,60-61,63,68H,19-24H2,1-10H3,(H,54,64)(H,55,66)(H,56,67)/t26-,30+,31+,32-,34-,36?,41-,44-,53-/m0/s1. The molecular formula is C53H67N3O18. The number of amides is 3. The molecule has 1 unspecified atom stereocenters. The van der Waals surface area contributed by atoms with Crippen LogP contribution in [-0.4, -0.2) is 140 Å². The van der Waals surface area contributed by atoms with E-state index in [4.69, 9.17) is 28.4 Å². The quantitative estimate of drug-likeness (QED) is 0.0444. The van der Waals surface area contributed by atoms with Gasteiger partial charge in [0.2, 0.25) is 11.6 Å². The van der Waals surface area contributed by atoms with E-state index in [-0.39, 0.29) is 53.2 Å². The second kappa shape index (κ2) is 22.4. The number of aliphatic hydroxyl groups is 3. The molecule has 3 aromatic carbocycles. The minimum atomic E-state index is -2.61. The van der Waals surface area contributed by atoms with Crippen LogP contribution >= 0.6 is 0 Å². The van der Waals surface area contributed by atoms with Crippen LogP contribution in [-0.2, 0) is 50.9 Å². The van der Waals surface area contributed by atoms with Crippen molar-refractivity contribution in [2.45, 2.75) is 160 Å². The Bertz CT molecular complexity index is 2640. The number of aromatic hydroxyl groups is 2. The zero-order valence-electron chi connectivity index (χ0n) is 43.1. The van der Waals surface area contributed by atoms with Crippen molar-refractivity contribution in [3.8, 4) is 17.2 Å². The number of fused-ring (bicyclic) bond motifs is 3. The molecule has 0 bridgehead atoms. The van der Waals surface area contributed by atoms with Crippen LogP contribution in [0.1, 0.15) is 136 Å². The molecule has 0 radical (unpaired) electrons. The largest absolute Gasteiger partial charge is 0.507 e. The highest BCUT2D eigenvalue weighted by Gasteiger charge is 2.51. The zero-order chi connectivity index (χ0) is 54.8. The molecule has 9 atom stereocenters. The Morgan fingerprint density at radius 1 is 0.851 bits per heavy atom. The van der Waals surface area contributed by atoms with Crippen molar-refractivity contribution in [1.29, 1.82) is 0 Å². The second-order valence-corrected chi connectivity index (χ2v) is 21.3. The van der Waals surface area contributed by atoms with Crippen molar-refractivity contribution in [3.63, 3.8) is 0 Å². The van der Waals surface area contributed by atoms with Gasteiger partial charge < -0.3 is 69.9 Å². The van der Waals surface area contributed by atoms with Gasteiger partial charge in [0.05, 0.1) is 48.1 Å². The lowest BCUT2D eigenvalue weighted by molar-refractivity contribution is -0.249. The Morgan fingerprint density at radius 3 is 2.11 bits per heavy atom. The molecule has 3 amide bonds. The molecule has 21 heteroatoms. The summed E-state index contributed by atoms with van der Waals surface area (Å²) < 4.78 is 33.9. The van der Waals surface area contributed by atoms with Gasteiger partial charge in [-0.05, 0) is 78.9 Å². The monoisotopic (exact) mass is 1030 g/mol. The molecule has 2 aliphatic carbocycles. The van der Waals surface area contributed by atoms with Crippen molar-refractivity contribution in [3.05, 3.63) is 87.5 Å². The third-order valence-corrected chi connectivity index (χ3v) is 12.6. The maximum atomic E-state index is 14.4. The van der Waals surface area contributed by atoms with Crippen molar-refractivity contribution >= 4 is 41.4 Å². The Balaban J connectivity index is 1.29. The first-order valence-electron chi connectivity index (χ1n) is 24.3. The minimum Gasteiger partial charge on any atom is -0.507 e. The SMILES string of the molecule is COc1cccc2c1C(=O)c1c(O)c3c(c(O)c1C2=O)C[C@@](O)(C(=O)COC(=O)[C@H](CC(C)C)NC(=O)[C@@H](O)[C@@H](Cc1ccccc1)NC(=O)OC(C)(C)C)C[C@@H]3OC1C[C@@H](NC(=O)OC(C)(C)C)[C@@H](O)[C@H](C)O1. The van der Waals surface area contributed by atoms with Gasteiger partial charge in [-0.15, -0.1) is 0 Å². The lowest BCUT2D eigenvalue weighted by Crippen LogP contribution is -2.56. The smallest absolute Gasteiger partial charge is 0.407 e. The number of phenolic OH excluding ortho intramolecular Hbond substituents is 2. The van der Waals surface area contributed by atoms with E-state index in [0.717, 1.165) is 0 Å². The first kappa shape index (κ1) is 56.6. The Kier molecular flexibility index (Phi) is 17.2. The summed E-state index contributed by atoms with van der Waals surface area (Å²) in [5.74, 6) is -7.09. The molecule has 1 fully saturated rings. The third-order valence-electron chi connectivity index (χ3n) is 12.6. The average Bonchev–Trinajstić information content (AvgIpc) is 3.30. The lowest BCUT2D eigenvalue weighted by atomic mass is 9.72. The molecular weight excluding hydrogens is 967 g/mol. The van der Waals surface area contributed by atoms with E-state index < -0.39 is 149 Å². The Hall–Kier alpha value is -6.65. The number of aliphatic hydroxyl groups excluding tert-OH is 2. The molecule has 3 aromatic rings. The summed E-state index contributed by atoms with van der Waals surface area (Å²) in [4.78, 5) is 96.1. The van der Waals surface area contributed by atoms with Gasteiger partial charge in [0, 0.05) is 36.0 Å². The van der Waals surface area contributed by atoms with Crippen LogP contribution < -0.4 is 20.7 Å². The van der Waals surface area contributed by atoms with Gasteiger partial charge in [0.1, 0.15) is 46.2 Å². The number of phenols is 2. The van der Waals surface area contributed by atoms with E-state index in [0.29, 0.717) is 5.56 Å². The molecule has 1 heterocycles. The van der Waals surface area contributed by atoms with Gasteiger partial charge in [-0.1, -0.05) is 56.3 Å². The van der Waals surface area contributed by atoms with Gasteiger partial charge in [0.25, 0.3) is 5.91 Å². The highest BCUT2D eigenvalue weighted by atomic mass is 16.7. The molecule has 1 saturated heterocycles. The van der Waals surface area contributed by atoms with E-state index in [2.05, 4.69) is 16.0 Å². The topological polar surface area (TPSA) is 312 Å². The number of carbonyl (C=O) groups is 7. The zero-order valence-corrected chi connectivity index (χ0v) is 43.1. The number of alkyl carbamates (subject to hydrolysis) is 2. The van der Waals surface area contributed by atoms with Crippen molar-refractivity contribution < 1.29 is 87.5 Å². The molecule has 3 aliphatic rings. The maximum Gasteiger partial charge on any atom is 0.407 e. The summed E-state index contributed by atoms with van der Waals surface area (Å²) in [6.07, 6.45) is -10.9. The van der Waals surface area contributed by atoms with E-state index in [1.54, 1.807) is 85.7 Å². The van der Waals surface area contributed by atoms with E-state index in [1.807, 2.05) is 0 Å². The molecule has 0 spiro atoms. The van der Waals surface area contributed by atoms with Crippen LogP contribution in [0.25, 0.3) is 0 Å². The van der Waals surface area contributed by atoms with Crippen LogP contribution in [0.15, 0.2) is 48.5 Å². The average molecular weight is 1030 g/mol. The molecule has 0 aromatic heterocycles. The van der Waals surface area contributed by atoms with Crippen LogP contribution in [0.3, 0.4) is 0 Å². The van der Waals surface area contributed by atoms with Crippen molar-refractivity contribution in [2.24, 2.45) is 5.92 Å². The number of ketones is 3. The van der Waals surface area contributed by atoms with Crippen LogP contribution in [0.5, 0.6) is 17.2 Å². The number of nitrogens with one attached hydrogen (secondary N) is 3. The Morgan fingerprint density at radius 2 is 1.49 bits per heavy atom. The maximum absolute atomic E-state index is 14.4. The van der Waals surface area contributed by atoms with E-state index in [9.17, 15) is 59.1 Å². The molecule has 402 valence electrons. The minimum absolute atomic E-state index is 0.00551. The van der Waals surface area contributed by atoms with Crippen LogP contribution in [0.4, 0.5) is 9.59 Å². The lowest BCUT2D eigenvalue weighted by Gasteiger charge is -2.43. The number of carbonyl (C=O) groups excluding carboxylic acids is 7. The first-order chi connectivity index (χ1) is 34.5. The van der Waals surface area contributed by atoms with Gasteiger partial charge in [0.15, 0.2) is 24.8 Å². The normalized spacial score (nSPS) is 22.7. The molecule has 1 aliphatic heterocycles. The first-order valence-corrected chi connectivity index (χ1v) is 24.3. The predicted octanol–water partition coefficient (Wildman–Crippen LogP) is 4.15. The van der Waals surface area contributed by atoms with Crippen molar-refractivity contribution in [2.75, 3.05) is 13.7 Å². The molecule has 74 heavy (non-hydrogen) atoms. The second-order valence-electron chi connectivity index (χ2n) is 21.3. The number of methoxy groups -OCH3 is 1. The van der Waals surface area contributed by atoms with Crippen LogP contribution in [0, 0.1) is 5.92 Å². The number of Topliss-reactive ketones (excluding diaryl/α,β-unsaturated/α-hetero) is 1. The Labute approximate surface area is 428 Å². The fourth-order valence-corrected chi connectivity index (χ4v) is 9.24. The number of esters is 1. The number of hydrogen-bond acceptors (Lipinski definition) is 18. The summed E-state index contributed by atoms with van der Waals surface area (Å²) in [7, 11) is 1.28. The number of hydrogen-bond donors (Lipinski definition) is 8. The van der Waals surface area contributed by atoms with Crippen LogP contribution in [0.2, 0.25) is 0 Å². The summed E-state index contributed by atoms with van der Waals surface area (Å²) in [5.41, 5.74) is -6.01. The molecule has 6 rings (SSSR count). The third kappa shape index (κ3) is 13.0. The molecule has 0 saturated carbocycles. The summed E-state index contributed by atoms with van der Waals surface area (Å²) in [5, 5.41) is 66.5. The van der Waals surface area contributed by atoms with Gasteiger partial charge in [-0.3, -0.25) is 19.2 Å². The predicted molar refractivity (Wildman–Crippen MR) is 262 cm³/mol. The highest BCUT2D eigenvalue weighted by molar-refractivity contribution is 6.31. The van der Waals surface area contributed by atoms with E-state index in [1.165, 1.54) is 32.2 Å². The molecule has 21 nitrogen and oxygen atoms in total. The highest BCUT2D eigenvalue weighted by Crippen LogP contribution is 2.52. The fraction of sp³-hybridized carbons (Fsp3) is 0.528. The number of benzene rings is 3. The summed E-state index contributed by atoms with van der Waals surface area (Å²) in [6, 6.07) is 9.14. The summed E-state index contributed by atoms with van der Waals surface area (Å²) in [6.45, 7) is 13.7. The number of ether oxygens (including phenoxy) is 6. The number of rotatable bonds is 16. The van der Waals surface area contributed by atoms with Gasteiger partial charge >= 0.3 is 18.2 Å².